The number of nitrogens with zero attached hydrogens (tertiary/aromatic N) is 3. The minimum Gasteiger partial charge on any atom is -0.391 e. The molecular weight excluding hydrogens is 314 g/mol. The molecule has 0 unspecified atom stereocenters. The second-order valence-corrected chi connectivity index (χ2v) is 6.75. The van der Waals surface area contributed by atoms with Crippen molar-refractivity contribution in [2.75, 3.05) is 18.0 Å². The molecule has 1 fully saturated rings. The molecule has 0 aliphatic carbocycles. The van der Waals surface area contributed by atoms with Crippen LogP contribution in [-0.4, -0.2) is 34.4 Å². The summed E-state index contributed by atoms with van der Waals surface area (Å²) in [5.74, 6) is 1.41. The number of aliphatic hydroxyl groups is 1. The largest absolute Gasteiger partial charge is 0.391 e. The Hall–Kier alpha value is -2.40. The number of rotatable bonds is 4. The number of hydrogen-bond donors (Lipinski definition) is 1. The molecular formula is C20H23N3O2. The van der Waals surface area contributed by atoms with Gasteiger partial charge < -0.3 is 14.5 Å². The standard InChI is InChI=1S/C20H23N3O2/c1-2-5-19-21-20(22-25-19)23-11-10-17(18(24)13-23)16-9-8-14-6-3-4-7-15(14)12-16/h3-4,6-9,12,17-18,24H,2,5,10-11,13H2,1H3/t17-,18+/m1/s1. The van der Waals surface area contributed by atoms with Gasteiger partial charge in [0.2, 0.25) is 5.89 Å². The van der Waals surface area contributed by atoms with Crippen molar-refractivity contribution in [3.8, 4) is 0 Å². The van der Waals surface area contributed by atoms with E-state index in [-0.39, 0.29) is 5.92 Å². The van der Waals surface area contributed by atoms with Crippen LogP contribution >= 0.6 is 0 Å². The van der Waals surface area contributed by atoms with Gasteiger partial charge in [-0.15, -0.1) is 0 Å². The maximum Gasteiger partial charge on any atom is 0.266 e. The topological polar surface area (TPSA) is 62.4 Å². The molecule has 0 saturated carbocycles. The van der Waals surface area contributed by atoms with Gasteiger partial charge in [0.25, 0.3) is 5.95 Å². The Labute approximate surface area is 147 Å². The minimum absolute atomic E-state index is 0.142. The Balaban J connectivity index is 1.50. The van der Waals surface area contributed by atoms with Gasteiger partial charge in [-0.2, -0.15) is 4.98 Å². The van der Waals surface area contributed by atoms with Crippen LogP contribution in [-0.2, 0) is 6.42 Å². The maximum absolute atomic E-state index is 10.7. The number of aromatic nitrogens is 2. The normalized spacial score (nSPS) is 21.0. The first-order valence-corrected chi connectivity index (χ1v) is 8.99. The van der Waals surface area contributed by atoms with Gasteiger partial charge in [-0.25, -0.2) is 0 Å². The van der Waals surface area contributed by atoms with Gasteiger partial charge in [-0.05, 0) is 34.3 Å². The Kier molecular flexibility index (Phi) is 4.40. The summed E-state index contributed by atoms with van der Waals surface area (Å²) in [6.45, 7) is 3.44. The van der Waals surface area contributed by atoms with E-state index in [9.17, 15) is 5.11 Å². The molecule has 1 aliphatic rings. The fourth-order valence-corrected chi connectivity index (χ4v) is 3.63. The number of β-amino-alcohol motifs (C(OH)–C–C–N with tert-alkyl or cyclic N) is 1. The number of aliphatic hydroxyl groups excluding tert-OH is 1. The summed E-state index contributed by atoms with van der Waals surface area (Å²) in [4.78, 5) is 6.45. The lowest BCUT2D eigenvalue weighted by molar-refractivity contribution is 0.129. The van der Waals surface area contributed by atoms with Crippen LogP contribution < -0.4 is 4.90 Å². The summed E-state index contributed by atoms with van der Waals surface area (Å²) in [6, 6.07) is 14.8. The molecule has 5 nitrogen and oxygen atoms in total. The molecule has 5 heteroatoms. The lowest BCUT2D eigenvalue weighted by Crippen LogP contribution is -2.43. The summed E-state index contributed by atoms with van der Waals surface area (Å²) < 4.78 is 5.27. The molecule has 0 bridgehead atoms. The molecule has 1 N–H and O–H groups in total. The highest BCUT2D eigenvalue weighted by molar-refractivity contribution is 5.83. The number of aryl methyl sites for hydroxylation is 1. The Morgan fingerprint density at radius 2 is 2.04 bits per heavy atom. The summed E-state index contributed by atoms with van der Waals surface area (Å²) >= 11 is 0. The molecule has 0 spiro atoms. The predicted octanol–water partition coefficient (Wildman–Crippen LogP) is 3.53. The van der Waals surface area contributed by atoms with E-state index in [2.05, 4.69) is 53.5 Å². The number of anilines is 1. The van der Waals surface area contributed by atoms with Crippen LogP contribution in [0.5, 0.6) is 0 Å². The average Bonchev–Trinajstić information content (AvgIpc) is 3.10. The number of benzene rings is 2. The molecule has 2 heterocycles. The molecule has 130 valence electrons. The number of fused-ring (bicyclic) bond motifs is 1. The maximum atomic E-state index is 10.7. The summed E-state index contributed by atoms with van der Waals surface area (Å²) in [5.41, 5.74) is 1.20. The third kappa shape index (κ3) is 3.24. The van der Waals surface area contributed by atoms with Gasteiger partial charge in [0.05, 0.1) is 6.10 Å². The molecule has 1 aliphatic heterocycles. The van der Waals surface area contributed by atoms with Crippen molar-refractivity contribution in [1.82, 2.24) is 10.1 Å². The summed E-state index contributed by atoms with van der Waals surface area (Å²) in [7, 11) is 0. The van der Waals surface area contributed by atoms with Gasteiger partial charge in [-0.3, -0.25) is 0 Å². The monoisotopic (exact) mass is 337 g/mol. The van der Waals surface area contributed by atoms with Gasteiger partial charge in [0.1, 0.15) is 0 Å². The third-order valence-electron chi connectivity index (χ3n) is 4.99. The molecule has 4 rings (SSSR count). The molecule has 0 radical (unpaired) electrons. The zero-order chi connectivity index (χ0) is 17.2. The van der Waals surface area contributed by atoms with E-state index in [0.29, 0.717) is 18.4 Å². The Morgan fingerprint density at radius 1 is 1.20 bits per heavy atom. The van der Waals surface area contributed by atoms with E-state index < -0.39 is 6.10 Å². The van der Waals surface area contributed by atoms with E-state index in [1.54, 1.807) is 0 Å². The molecule has 1 saturated heterocycles. The quantitative estimate of drug-likeness (QED) is 0.789. The number of piperidine rings is 1. The molecule has 2 aromatic carbocycles. The molecule has 0 amide bonds. The summed E-state index contributed by atoms with van der Waals surface area (Å²) in [5, 5.41) is 17.2. The van der Waals surface area contributed by atoms with Gasteiger partial charge >= 0.3 is 0 Å². The van der Waals surface area contributed by atoms with Crippen molar-refractivity contribution in [3.05, 3.63) is 53.9 Å². The van der Waals surface area contributed by atoms with E-state index in [1.807, 2.05) is 11.0 Å². The fourth-order valence-electron chi connectivity index (χ4n) is 3.63. The molecule has 2 atom stereocenters. The van der Waals surface area contributed by atoms with E-state index in [1.165, 1.54) is 16.3 Å². The van der Waals surface area contributed by atoms with Crippen molar-refractivity contribution in [3.63, 3.8) is 0 Å². The van der Waals surface area contributed by atoms with Crippen LogP contribution in [0.3, 0.4) is 0 Å². The summed E-state index contributed by atoms with van der Waals surface area (Å²) in [6.07, 6.45) is 2.21. The Bertz CT molecular complexity index is 861. The van der Waals surface area contributed by atoms with Crippen molar-refractivity contribution in [2.24, 2.45) is 0 Å². The lowest BCUT2D eigenvalue weighted by atomic mass is 9.86. The van der Waals surface area contributed by atoms with E-state index in [4.69, 9.17) is 4.52 Å². The van der Waals surface area contributed by atoms with Crippen molar-refractivity contribution < 1.29 is 9.63 Å². The Morgan fingerprint density at radius 3 is 2.84 bits per heavy atom. The van der Waals surface area contributed by atoms with E-state index in [0.717, 1.165) is 25.8 Å². The zero-order valence-corrected chi connectivity index (χ0v) is 14.4. The SMILES string of the molecule is CCCc1nc(N2CC[C@H](c3ccc4ccccc4c3)[C@@H](O)C2)no1. The van der Waals surface area contributed by atoms with Crippen LogP contribution in [0.4, 0.5) is 5.95 Å². The van der Waals surface area contributed by atoms with Crippen LogP contribution in [0, 0.1) is 0 Å². The number of hydrogen-bond acceptors (Lipinski definition) is 5. The van der Waals surface area contributed by atoms with E-state index >= 15 is 0 Å². The first-order valence-electron chi connectivity index (χ1n) is 8.99. The van der Waals surface area contributed by atoms with Crippen molar-refractivity contribution >= 4 is 16.7 Å². The van der Waals surface area contributed by atoms with Crippen LogP contribution in [0.25, 0.3) is 10.8 Å². The second kappa shape index (κ2) is 6.84. The predicted molar refractivity (Wildman–Crippen MR) is 97.8 cm³/mol. The highest BCUT2D eigenvalue weighted by Gasteiger charge is 2.31. The molecule has 3 aromatic rings. The second-order valence-electron chi connectivity index (χ2n) is 6.75. The third-order valence-corrected chi connectivity index (χ3v) is 4.99. The minimum atomic E-state index is -0.442. The smallest absolute Gasteiger partial charge is 0.266 e. The molecule has 25 heavy (non-hydrogen) atoms. The first-order chi connectivity index (χ1) is 12.2. The van der Waals surface area contributed by atoms with Crippen molar-refractivity contribution in [1.29, 1.82) is 0 Å². The van der Waals surface area contributed by atoms with Gasteiger partial charge in [0, 0.05) is 25.4 Å². The highest BCUT2D eigenvalue weighted by atomic mass is 16.5. The van der Waals surface area contributed by atoms with Gasteiger partial charge in [-0.1, -0.05) is 49.4 Å². The molecule has 1 aromatic heterocycles. The highest BCUT2D eigenvalue weighted by Crippen LogP contribution is 2.31. The fraction of sp³-hybridized carbons (Fsp3) is 0.400. The van der Waals surface area contributed by atoms with Crippen LogP contribution in [0.15, 0.2) is 47.0 Å². The lowest BCUT2D eigenvalue weighted by Gasteiger charge is -2.35. The van der Waals surface area contributed by atoms with Crippen LogP contribution in [0.1, 0.15) is 37.1 Å². The van der Waals surface area contributed by atoms with Crippen molar-refractivity contribution in [2.45, 2.75) is 38.2 Å². The van der Waals surface area contributed by atoms with Gasteiger partial charge in [0.15, 0.2) is 0 Å². The first kappa shape index (κ1) is 16.1. The van der Waals surface area contributed by atoms with Crippen LogP contribution in [0.2, 0.25) is 0 Å². The zero-order valence-electron chi connectivity index (χ0n) is 14.4. The average molecular weight is 337 g/mol.